The number of rotatable bonds is 3. The average Bonchev–Trinajstić information content (AvgIpc) is 3.44. The van der Waals surface area contributed by atoms with E-state index < -0.39 is 0 Å². The van der Waals surface area contributed by atoms with Gasteiger partial charge >= 0.3 is 0 Å². The van der Waals surface area contributed by atoms with Crippen molar-refractivity contribution in [2.24, 2.45) is 5.92 Å². The molecule has 7 heteroatoms. The van der Waals surface area contributed by atoms with E-state index in [-0.39, 0.29) is 11.7 Å². The Morgan fingerprint density at radius 1 is 1.03 bits per heavy atom. The summed E-state index contributed by atoms with van der Waals surface area (Å²) in [6.07, 6.45) is 6.07. The molecule has 1 aromatic carbocycles. The van der Waals surface area contributed by atoms with Gasteiger partial charge in [0.1, 0.15) is 18.0 Å². The number of anilines is 1. The summed E-state index contributed by atoms with van der Waals surface area (Å²) in [6, 6.07) is 8.58. The highest BCUT2D eigenvalue weighted by atomic mass is 32.1. The normalized spacial score (nSPS) is 18.0. The van der Waals surface area contributed by atoms with Gasteiger partial charge < -0.3 is 9.80 Å². The maximum atomic E-state index is 13.2. The van der Waals surface area contributed by atoms with Gasteiger partial charge in [0.25, 0.3) is 0 Å². The molecule has 5 nitrogen and oxygen atoms in total. The van der Waals surface area contributed by atoms with Gasteiger partial charge in [-0.1, -0.05) is 25.0 Å². The molecule has 2 fully saturated rings. The van der Waals surface area contributed by atoms with Crippen LogP contribution in [0.2, 0.25) is 0 Å². The van der Waals surface area contributed by atoms with E-state index in [1.165, 1.54) is 25.0 Å². The lowest BCUT2D eigenvalue weighted by atomic mass is 10.1. The molecule has 5 rings (SSSR count). The standard InChI is InChI=1S/C22H23FN4OS/c23-17-7-5-15(6-8-17)19-13-18-20(29-19)21(25-14-24-18)26-9-11-27(12-10-26)22(28)16-3-1-2-4-16/h5-8,13-14,16H,1-4,9-12H2. The summed E-state index contributed by atoms with van der Waals surface area (Å²) in [5, 5.41) is 0. The minimum atomic E-state index is -0.236. The molecule has 0 spiro atoms. The summed E-state index contributed by atoms with van der Waals surface area (Å²) in [5.41, 5.74) is 1.89. The van der Waals surface area contributed by atoms with Gasteiger partial charge in [0.15, 0.2) is 0 Å². The third-order valence-corrected chi connectivity index (χ3v) is 7.19. The molecule has 0 atom stereocenters. The van der Waals surface area contributed by atoms with E-state index in [1.54, 1.807) is 29.8 Å². The van der Waals surface area contributed by atoms with Crippen LogP contribution < -0.4 is 4.90 Å². The Morgan fingerprint density at radius 3 is 2.48 bits per heavy atom. The topological polar surface area (TPSA) is 49.3 Å². The van der Waals surface area contributed by atoms with E-state index in [2.05, 4.69) is 14.9 Å². The molecule has 0 bridgehead atoms. The van der Waals surface area contributed by atoms with Gasteiger partial charge in [-0.2, -0.15) is 0 Å². The largest absolute Gasteiger partial charge is 0.352 e. The summed E-state index contributed by atoms with van der Waals surface area (Å²) in [5.74, 6) is 1.27. The Balaban J connectivity index is 1.35. The number of amides is 1. The molecular weight excluding hydrogens is 387 g/mol. The quantitative estimate of drug-likeness (QED) is 0.645. The summed E-state index contributed by atoms with van der Waals surface area (Å²) in [7, 11) is 0. The highest BCUT2D eigenvalue weighted by molar-refractivity contribution is 7.22. The van der Waals surface area contributed by atoms with Crippen LogP contribution in [-0.2, 0) is 4.79 Å². The number of benzene rings is 1. The number of carbonyl (C=O) groups excluding carboxylic acids is 1. The van der Waals surface area contributed by atoms with Crippen LogP contribution in [0.5, 0.6) is 0 Å². The number of hydrogen-bond donors (Lipinski definition) is 0. The van der Waals surface area contributed by atoms with Crippen molar-refractivity contribution in [1.82, 2.24) is 14.9 Å². The van der Waals surface area contributed by atoms with Crippen molar-refractivity contribution >= 4 is 33.3 Å². The zero-order chi connectivity index (χ0) is 19.8. The van der Waals surface area contributed by atoms with Crippen LogP contribution in [0.3, 0.4) is 0 Å². The molecule has 2 aliphatic rings. The van der Waals surface area contributed by atoms with Crippen molar-refractivity contribution in [2.75, 3.05) is 31.1 Å². The highest BCUT2D eigenvalue weighted by Crippen LogP contribution is 2.37. The minimum absolute atomic E-state index is 0.236. The third-order valence-electron chi connectivity index (χ3n) is 6.02. The Morgan fingerprint density at radius 2 is 1.76 bits per heavy atom. The van der Waals surface area contributed by atoms with E-state index in [0.29, 0.717) is 5.91 Å². The Kier molecular flexibility index (Phi) is 4.91. The molecule has 1 saturated carbocycles. The summed E-state index contributed by atoms with van der Waals surface area (Å²) in [6.45, 7) is 3.07. The molecule has 0 unspecified atom stereocenters. The highest BCUT2D eigenvalue weighted by Gasteiger charge is 2.30. The SMILES string of the molecule is O=C(C1CCCC1)N1CCN(c2ncnc3cc(-c4ccc(F)cc4)sc23)CC1. The average molecular weight is 411 g/mol. The third kappa shape index (κ3) is 3.59. The lowest BCUT2D eigenvalue weighted by Crippen LogP contribution is -2.50. The van der Waals surface area contributed by atoms with Crippen molar-refractivity contribution in [3.05, 3.63) is 42.5 Å². The molecule has 3 aromatic rings. The van der Waals surface area contributed by atoms with Crippen molar-refractivity contribution in [3.63, 3.8) is 0 Å². The lowest BCUT2D eigenvalue weighted by Gasteiger charge is -2.36. The van der Waals surface area contributed by atoms with Crippen LogP contribution >= 0.6 is 11.3 Å². The fourth-order valence-corrected chi connectivity index (χ4v) is 5.53. The number of nitrogens with zero attached hydrogens (tertiary/aromatic N) is 4. The number of hydrogen-bond acceptors (Lipinski definition) is 5. The predicted octanol–water partition coefficient (Wildman–Crippen LogP) is 4.34. The van der Waals surface area contributed by atoms with Crippen LogP contribution in [0.4, 0.5) is 10.2 Å². The van der Waals surface area contributed by atoms with Crippen LogP contribution in [0.25, 0.3) is 20.7 Å². The second-order valence-corrected chi connectivity index (χ2v) is 8.88. The van der Waals surface area contributed by atoms with E-state index in [4.69, 9.17) is 0 Å². The maximum absolute atomic E-state index is 13.2. The fraction of sp³-hybridized carbons (Fsp3) is 0.409. The van der Waals surface area contributed by atoms with E-state index in [1.807, 2.05) is 11.0 Å². The molecule has 150 valence electrons. The number of thiophene rings is 1. The molecule has 1 aliphatic heterocycles. The molecule has 2 aromatic heterocycles. The number of fused-ring (bicyclic) bond motifs is 1. The van der Waals surface area contributed by atoms with Crippen LogP contribution in [0.1, 0.15) is 25.7 Å². The number of carbonyl (C=O) groups is 1. The van der Waals surface area contributed by atoms with E-state index >= 15 is 0 Å². The zero-order valence-corrected chi connectivity index (χ0v) is 17.0. The number of halogens is 1. The Labute approximate surface area is 173 Å². The first-order valence-electron chi connectivity index (χ1n) is 10.2. The van der Waals surface area contributed by atoms with Gasteiger partial charge in [-0.05, 0) is 36.6 Å². The summed E-state index contributed by atoms with van der Waals surface area (Å²) in [4.78, 5) is 27.0. The first-order chi connectivity index (χ1) is 14.2. The van der Waals surface area contributed by atoms with Crippen molar-refractivity contribution in [3.8, 4) is 10.4 Å². The van der Waals surface area contributed by atoms with Crippen molar-refractivity contribution < 1.29 is 9.18 Å². The van der Waals surface area contributed by atoms with Crippen molar-refractivity contribution in [1.29, 1.82) is 0 Å². The van der Waals surface area contributed by atoms with E-state index in [0.717, 1.165) is 65.5 Å². The molecule has 1 amide bonds. The maximum Gasteiger partial charge on any atom is 0.225 e. The first kappa shape index (κ1) is 18.5. The van der Waals surface area contributed by atoms with Gasteiger partial charge in [-0.3, -0.25) is 4.79 Å². The zero-order valence-electron chi connectivity index (χ0n) is 16.2. The van der Waals surface area contributed by atoms with Crippen LogP contribution in [0.15, 0.2) is 36.7 Å². The molecular formula is C22H23FN4OS. The fourth-order valence-electron chi connectivity index (χ4n) is 4.39. The number of piperazine rings is 1. The van der Waals surface area contributed by atoms with Crippen LogP contribution in [0, 0.1) is 11.7 Å². The van der Waals surface area contributed by atoms with Gasteiger partial charge in [0.2, 0.25) is 5.91 Å². The predicted molar refractivity (Wildman–Crippen MR) is 114 cm³/mol. The van der Waals surface area contributed by atoms with Gasteiger partial charge in [-0.25, -0.2) is 14.4 Å². The molecule has 0 N–H and O–H groups in total. The summed E-state index contributed by atoms with van der Waals surface area (Å²) >= 11 is 1.63. The lowest BCUT2D eigenvalue weighted by molar-refractivity contribution is -0.135. The van der Waals surface area contributed by atoms with Crippen LogP contribution in [-0.4, -0.2) is 47.0 Å². The summed E-state index contributed by atoms with van der Waals surface area (Å²) < 4.78 is 14.3. The first-order valence-corrected chi connectivity index (χ1v) is 11.0. The molecule has 3 heterocycles. The monoisotopic (exact) mass is 410 g/mol. The van der Waals surface area contributed by atoms with Crippen molar-refractivity contribution in [2.45, 2.75) is 25.7 Å². The number of aromatic nitrogens is 2. The van der Waals surface area contributed by atoms with Gasteiger partial charge in [-0.15, -0.1) is 11.3 Å². The molecule has 29 heavy (non-hydrogen) atoms. The Bertz CT molecular complexity index is 1020. The van der Waals surface area contributed by atoms with E-state index in [9.17, 15) is 9.18 Å². The smallest absolute Gasteiger partial charge is 0.225 e. The molecule has 1 aliphatic carbocycles. The Hall–Kier alpha value is -2.54. The minimum Gasteiger partial charge on any atom is -0.352 e. The molecule has 0 radical (unpaired) electrons. The molecule has 1 saturated heterocycles. The second-order valence-electron chi connectivity index (χ2n) is 7.82. The second kappa shape index (κ2) is 7.71. The van der Waals surface area contributed by atoms with Gasteiger partial charge in [0.05, 0.1) is 10.2 Å². The van der Waals surface area contributed by atoms with Gasteiger partial charge in [0, 0.05) is 37.0 Å².